The molecule has 0 bridgehead atoms. The Balaban J connectivity index is 2.36. The highest BCUT2D eigenvalue weighted by Crippen LogP contribution is 2.30. The summed E-state index contributed by atoms with van der Waals surface area (Å²) in [6, 6.07) is 6.57. The van der Waals surface area contributed by atoms with Crippen molar-refractivity contribution in [1.29, 1.82) is 0 Å². The van der Waals surface area contributed by atoms with Gasteiger partial charge in [-0.05, 0) is 17.7 Å². The number of methoxy groups -OCH3 is 1. The summed E-state index contributed by atoms with van der Waals surface area (Å²) < 4.78 is 45.7. The number of hydrogen-bond donors (Lipinski definition) is 1. The monoisotopic (exact) mass is 341 g/mol. The zero-order valence-electron chi connectivity index (χ0n) is 13.4. The van der Waals surface area contributed by atoms with E-state index in [2.05, 4.69) is 10.1 Å². The van der Waals surface area contributed by atoms with Gasteiger partial charge in [-0.2, -0.15) is 13.2 Å². The van der Waals surface area contributed by atoms with Gasteiger partial charge in [-0.15, -0.1) is 0 Å². The second-order valence-corrected chi connectivity index (χ2v) is 5.17. The molecule has 0 saturated carbocycles. The van der Waals surface area contributed by atoms with Crippen molar-refractivity contribution in [2.24, 2.45) is 4.99 Å². The summed E-state index contributed by atoms with van der Waals surface area (Å²) in [5.41, 5.74) is -1.36. The molecule has 8 heteroatoms. The highest BCUT2D eigenvalue weighted by atomic mass is 19.4. The molecular weight excluding hydrogens is 323 g/mol. The van der Waals surface area contributed by atoms with Crippen LogP contribution in [-0.2, 0) is 19.1 Å². The number of benzene rings is 1. The number of aromatic nitrogens is 2. The lowest BCUT2D eigenvalue weighted by Gasteiger charge is -2.07. The normalized spacial score (nSPS) is 12.0. The Morgan fingerprint density at radius 2 is 1.96 bits per heavy atom. The molecular formula is C16H18F3N3O2. The van der Waals surface area contributed by atoms with Crippen LogP contribution in [0.25, 0.3) is 0 Å². The van der Waals surface area contributed by atoms with Crippen LogP contribution in [-0.4, -0.2) is 30.2 Å². The molecule has 0 atom stereocenters. The summed E-state index contributed by atoms with van der Waals surface area (Å²) in [4.78, 5) is 16.1. The number of H-pyrrole nitrogens is 1. The SMILES string of the molecule is CN=CCCn1[nH]c(C(F)(F)F)c(Cc2ccc(OC)cc2)c1=O. The van der Waals surface area contributed by atoms with Crippen molar-refractivity contribution < 1.29 is 17.9 Å². The van der Waals surface area contributed by atoms with E-state index in [1.807, 2.05) is 0 Å². The molecule has 1 aromatic heterocycles. The van der Waals surface area contributed by atoms with E-state index < -0.39 is 17.4 Å². The number of aliphatic imine (C=N–C) groups is 1. The van der Waals surface area contributed by atoms with Crippen LogP contribution in [0, 0.1) is 0 Å². The van der Waals surface area contributed by atoms with Crippen molar-refractivity contribution in [3.8, 4) is 5.75 Å². The Morgan fingerprint density at radius 3 is 2.50 bits per heavy atom. The summed E-state index contributed by atoms with van der Waals surface area (Å²) in [7, 11) is 3.06. The van der Waals surface area contributed by atoms with Crippen molar-refractivity contribution in [1.82, 2.24) is 9.78 Å². The third kappa shape index (κ3) is 4.06. The number of alkyl halides is 3. The zero-order valence-corrected chi connectivity index (χ0v) is 13.4. The molecule has 130 valence electrons. The van der Waals surface area contributed by atoms with Gasteiger partial charge in [-0.3, -0.25) is 14.6 Å². The average Bonchev–Trinajstić information content (AvgIpc) is 2.85. The lowest BCUT2D eigenvalue weighted by molar-refractivity contribution is -0.142. The third-order valence-electron chi connectivity index (χ3n) is 3.54. The number of rotatable bonds is 6. The summed E-state index contributed by atoms with van der Waals surface area (Å²) in [6.45, 7) is 0.113. The van der Waals surface area contributed by atoms with E-state index in [1.165, 1.54) is 7.11 Å². The Morgan fingerprint density at radius 1 is 1.29 bits per heavy atom. The van der Waals surface area contributed by atoms with Gasteiger partial charge in [0.05, 0.1) is 12.7 Å². The highest BCUT2D eigenvalue weighted by Gasteiger charge is 2.37. The van der Waals surface area contributed by atoms with Crippen LogP contribution < -0.4 is 10.3 Å². The minimum Gasteiger partial charge on any atom is -0.497 e. The Kier molecular flexibility index (Phi) is 5.48. The molecule has 1 heterocycles. The van der Waals surface area contributed by atoms with E-state index in [9.17, 15) is 18.0 Å². The number of halogens is 3. The van der Waals surface area contributed by atoms with Crippen LogP contribution in [0.15, 0.2) is 34.1 Å². The topological polar surface area (TPSA) is 59.4 Å². The van der Waals surface area contributed by atoms with Crippen molar-refractivity contribution in [2.75, 3.05) is 14.2 Å². The van der Waals surface area contributed by atoms with Gasteiger partial charge in [0.1, 0.15) is 11.4 Å². The molecule has 0 aliphatic rings. The van der Waals surface area contributed by atoms with Crippen LogP contribution in [0.1, 0.15) is 23.2 Å². The molecule has 0 aliphatic heterocycles. The number of nitrogens with zero attached hydrogens (tertiary/aromatic N) is 2. The number of ether oxygens (including phenoxy) is 1. The quantitative estimate of drug-likeness (QED) is 0.822. The number of hydrogen-bond acceptors (Lipinski definition) is 3. The molecule has 0 spiro atoms. The predicted molar refractivity (Wildman–Crippen MR) is 84.9 cm³/mol. The van der Waals surface area contributed by atoms with E-state index in [1.54, 1.807) is 37.5 Å². The van der Waals surface area contributed by atoms with Crippen LogP contribution in [0.2, 0.25) is 0 Å². The van der Waals surface area contributed by atoms with Gasteiger partial charge in [0.2, 0.25) is 0 Å². The summed E-state index contributed by atoms with van der Waals surface area (Å²) >= 11 is 0. The average molecular weight is 341 g/mol. The fraction of sp³-hybridized carbons (Fsp3) is 0.375. The Bertz CT molecular complexity index is 758. The first-order chi connectivity index (χ1) is 11.4. The Hall–Kier alpha value is -2.51. The maximum absolute atomic E-state index is 13.2. The molecule has 1 N–H and O–H groups in total. The molecule has 0 fully saturated rings. The first kappa shape index (κ1) is 17.8. The van der Waals surface area contributed by atoms with Crippen LogP contribution >= 0.6 is 0 Å². The largest absolute Gasteiger partial charge is 0.497 e. The molecule has 0 saturated heterocycles. The van der Waals surface area contributed by atoms with Crippen molar-refractivity contribution >= 4 is 6.21 Å². The lowest BCUT2D eigenvalue weighted by atomic mass is 10.0. The first-order valence-electron chi connectivity index (χ1n) is 7.29. The molecule has 5 nitrogen and oxygen atoms in total. The van der Waals surface area contributed by atoms with Gasteiger partial charge in [0.15, 0.2) is 0 Å². The van der Waals surface area contributed by atoms with Crippen molar-refractivity contribution in [3.05, 3.63) is 51.4 Å². The van der Waals surface area contributed by atoms with Gasteiger partial charge >= 0.3 is 6.18 Å². The van der Waals surface area contributed by atoms with Gasteiger partial charge in [-0.1, -0.05) is 12.1 Å². The maximum atomic E-state index is 13.2. The molecule has 0 aliphatic carbocycles. The minimum atomic E-state index is -4.62. The fourth-order valence-electron chi connectivity index (χ4n) is 2.34. The molecule has 2 aromatic rings. The molecule has 0 radical (unpaired) electrons. The van der Waals surface area contributed by atoms with Gasteiger partial charge < -0.3 is 9.73 Å². The first-order valence-corrected chi connectivity index (χ1v) is 7.29. The second-order valence-electron chi connectivity index (χ2n) is 5.17. The molecule has 24 heavy (non-hydrogen) atoms. The van der Waals surface area contributed by atoms with Crippen molar-refractivity contribution in [3.63, 3.8) is 0 Å². The number of nitrogens with one attached hydrogen (secondary N) is 1. The predicted octanol–water partition coefficient (Wildman–Crippen LogP) is 2.89. The molecule has 0 amide bonds. The second kappa shape index (κ2) is 7.37. The van der Waals surface area contributed by atoms with Crippen LogP contribution in [0.4, 0.5) is 13.2 Å². The summed E-state index contributed by atoms with van der Waals surface area (Å²) in [6.07, 6.45) is -2.81. The molecule has 1 aromatic carbocycles. The standard InChI is InChI=1S/C16H18F3N3O2/c1-20-8-3-9-22-15(23)13(14(21-22)16(17,18)19)10-11-4-6-12(24-2)7-5-11/h4-8,21H,3,9-10H2,1-2H3. The smallest absolute Gasteiger partial charge is 0.433 e. The third-order valence-corrected chi connectivity index (χ3v) is 3.54. The van der Waals surface area contributed by atoms with Gasteiger partial charge in [-0.25, -0.2) is 0 Å². The van der Waals surface area contributed by atoms with E-state index in [4.69, 9.17) is 4.74 Å². The maximum Gasteiger partial charge on any atom is 0.433 e. The van der Waals surface area contributed by atoms with Gasteiger partial charge in [0, 0.05) is 32.6 Å². The van der Waals surface area contributed by atoms with E-state index >= 15 is 0 Å². The molecule has 2 rings (SSSR count). The fourth-order valence-corrected chi connectivity index (χ4v) is 2.34. The van der Waals surface area contributed by atoms with Gasteiger partial charge in [0.25, 0.3) is 5.56 Å². The van der Waals surface area contributed by atoms with E-state index in [0.29, 0.717) is 17.7 Å². The number of aromatic amines is 1. The van der Waals surface area contributed by atoms with E-state index in [-0.39, 0.29) is 18.5 Å². The van der Waals surface area contributed by atoms with Crippen LogP contribution in [0.3, 0.4) is 0 Å². The number of aryl methyl sites for hydroxylation is 1. The highest BCUT2D eigenvalue weighted by molar-refractivity contribution is 5.56. The minimum absolute atomic E-state index is 0.108. The van der Waals surface area contributed by atoms with E-state index in [0.717, 1.165) is 4.68 Å². The zero-order chi connectivity index (χ0) is 17.7. The summed E-state index contributed by atoms with van der Waals surface area (Å²) in [5.74, 6) is 0.597. The van der Waals surface area contributed by atoms with Crippen molar-refractivity contribution in [2.45, 2.75) is 25.6 Å². The summed E-state index contributed by atoms with van der Waals surface area (Å²) in [5, 5.41) is 2.18. The molecule has 0 unspecified atom stereocenters. The Labute approximate surface area is 136 Å². The lowest BCUT2D eigenvalue weighted by Crippen LogP contribution is -2.19. The van der Waals surface area contributed by atoms with Crippen LogP contribution in [0.5, 0.6) is 5.75 Å².